The summed E-state index contributed by atoms with van der Waals surface area (Å²) >= 11 is 0. The second-order valence-electron chi connectivity index (χ2n) is 8.75. The number of aromatic nitrogens is 1. The zero-order chi connectivity index (χ0) is 24.4. The van der Waals surface area contributed by atoms with Gasteiger partial charge in [-0.3, -0.25) is 4.79 Å². The molecule has 4 aromatic rings. The Morgan fingerprint density at radius 3 is 2.40 bits per heavy atom. The van der Waals surface area contributed by atoms with Crippen LogP contribution in [0.5, 0.6) is 0 Å². The second-order valence-corrected chi connectivity index (χ2v) is 8.75. The standard InChI is InChI=1S/C30H28N2O3/c1-3-35-30(34)27-19-28(23-11-5-4-6-12-23)32(21(27)2)26-15-9-14-24(18-26)29(33)31-17-16-22-10-7-8-13-25(22)20-31/h4-15,18-19H,3,16-17,20H2,1-2H3. The number of amides is 1. The highest BCUT2D eigenvalue weighted by Gasteiger charge is 2.24. The van der Waals surface area contributed by atoms with Gasteiger partial charge in [-0.25, -0.2) is 4.79 Å². The van der Waals surface area contributed by atoms with E-state index < -0.39 is 0 Å². The Kier molecular flexibility index (Phi) is 6.23. The first-order chi connectivity index (χ1) is 17.1. The fourth-order valence-corrected chi connectivity index (χ4v) is 4.81. The lowest BCUT2D eigenvalue weighted by Crippen LogP contribution is -2.35. The highest BCUT2D eigenvalue weighted by atomic mass is 16.5. The number of nitrogens with zero attached hydrogens (tertiary/aromatic N) is 2. The molecule has 5 nitrogen and oxygen atoms in total. The van der Waals surface area contributed by atoms with Crippen molar-refractivity contribution in [2.75, 3.05) is 13.2 Å². The average Bonchev–Trinajstić information content (AvgIpc) is 3.25. The molecule has 0 aliphatic carbocycles. The molecule has 0 fully saturated rings. The van der Waals surface area contributed by atoms with Crippen LogP contribution in [0.3, 0.4) is 0 Å². The van der Waals surface area contributed by atoms with Crippen LogP contribution in [0.2, 0.25) is 0 Å². The molecular formula is C30H28N2O3. The summed E-state index contributed by atoms with van der Waals surface area (Å²) in [6.45, 7) is 5.34. The van der Waals surface area contributed by atoms with Gasteiger partial charge in [0.1, 0.15) is 0 Å². The summed E-state index contributed by atoms with van der Waals surface area (Å²) in [5.74, 6) is -0.335. The Balaban J connectivity index is 1.54. The molecule has 0 saturated heterocycles. The van der Waals surface area contributed by atoms with Crippen molar-refractivity contribution in [1.82, 2.24) is 9.47 Å². The van der Waals surface area contributed by atoms with Gasteiger partial charge in [0.25, 0.3) is 5.91 Å². The molecule has 0 saturated carbocycles. The molecule has 0 spiro atoms. The van der Waals surface area contributed by atoms with Crippen molar-refractivity contribution in [2.24, 2.45) is 0 Å². The van der Waals surface area contributed by atoms with Gasteiger partial charge in [0.2, 0.25) is 0 Å². The second kappa shape index (κ2) is 9.63. The Hall–Kier alpha value is -4.12. The lowest BCUT2D eigenvalue weighted by Gasteiger charge is -2.29. The van der Waals surface area contributed by atoms with Crippen LogP contribution in [0.25, 0.3) is 16.9 Å². The molecule has 3 aromatic carbocycles. The molecule has 5 rings (SSSR count). The summed E-state index contributed by atoms with van der Waals surface area (Å²) in [7, 11) is 0. The Morgan fingerprint density at radius 1 is 0.886 bits per heavy atom. The van der Waals surface area contributed by atoms with Gasteiger partial charge in [-0.2, -0.15) is 0 Å². The third kappa shape index (κ3) is 4.37. The fraction of sp³-hybridized carbons (Fsp3) is 0.200. The van der Waals surface area contributed by atoms with E-state index in [-0.39, 0.29) is 11.9 Å². The van der Waals surface area contributed by atoms with Gasteiger partial charge < -0.3 is 14.2 Å². The van der Waals surface area contributed by atoms with E-state index in [0.29, 0.717) is 30.8 Å². The highest BCUT2D eigenvalue weighted by Crippen LogP contribution is 2.31. The maximum Gasteiger partial charge on any atom is 0.339 e. The largest absolute Gasteiger partial charge is 0.462 e. The van der Waals surface area contributed by atoms with Gasteiger partial charge in [-0.15, -0.1) is 0 Å². The summed E-state index contributed by atoms with van der Waals surface area (Å²) < 4.78 is 7.34. The number of benzene rings is 3. The molecule has 1 amide bonds. The predicted octanol–water partition coefficient (Wildman–Crippen LogP) is 5.83. The quantitative estimate of drug-likeness (QED) is 0.349. The van der Waals surface area contributed by atoms with Crippen LogP contribution < -0.4 is 0 Å². The first-order valence-corrected chi connectivity index (χ1v) is 12.0. The molecule has 176 valence electrons. The summed E-state index contributed by atoms with van der Waals surface area (Å²) in [6.07, 6.45) is 0.860. The van der Waals surface area contributed by atoms with E-state index in [2.05, 4.69) is 12.1 Å². The van der Waals surface area contributed by atoms with Crippen molar-refractivity contribution in [3.05, 3.63) is 113 Å². The predicted molar refractivity (Wildman–Crippen MR) is 137 cm³/mol. The number of fused-ring (bicyclic) bond motifs is 1. The number of carbonyl (C=O) groups excluding carboxylic acids is 2. The van der Waals surface area contributed by atoms with Crippen LogP contribution in [-0.4, -0.2) is 34.5 Å². The van der Waals surface area contributed by atoms with E-state index >= 15 is 0 Å². The molecule has 1 aliphatic rings. The normalized spacial score (nSPS) is 12.8. The fourth-order valence-electron chi connectivity index (χ4n) is 4.81. The number of hydrogen-bond acceptors (Lipinski definition) is 3. The first-order valence-electron chi connectivity index (χ1n) is 12.0. The molecule has 0 unspecified atom stereocenters. The summed E-state index contributed by atoms with van der Waals surface area (Å²) in [5.41, 5.74) is 7.14. The zero-order valence-electron chi connectivity index (χ0n) is 20.0. The lowest BCUT2D eigenvalue weighted by molar-refractivity contribution is 0.0525. The van der Waals surface area contributed by atoms with E-state index in [9.17, 15) is 9.59 Å². The minimum absolute atomic E-state index is 0.0121. The van der Waals surface area contributed by atoms with Crippen LogP contribution in [0.15, 0.2) is 84.9 Å². The van der Waals surface area contributed by atoms with Crippen molar-refractivity contribution < 1.29 is 14.3 Å². The highest BCUT2D eigenvalue weighted by molar-refractivity contribution is 5.96. The molecule has 2 heterocycles. The Morgan fingerprint density at radius 2 is 1.63 bits per heavy atom. The minimum Gasteiger partial charge on any atom is -0.462 e. The van der Waals surface area contributed by atoms with E-state index in [1.165, 1.54) is 11.1 Å². The maximum atomic E-state index is 13.5. The molecular weight excluding hydrogens is 436 g/mol. The minimum atomic E-state index is -0.347. The third-order valence-corrected chi connectivity index (χ3v) is 6.58. The Labute approximate surface area is 205 Å². The topological polar surface area (TPSA) is 51.5 Å². The van der Waals surface area contributed by atoms with E-state index in [1.807, 2.05) is 89.2 Å². The molecule has 35 heavy (non-hydrogen) atoms. The monoisotopic (exact) mass is 464 g/mol. The van der Waals surface area contributed by atoms with Crippen molar-refractivity contribution in [3.63, 3.8) is 0 Å². The van der Waals surface area contributed by atoms with E-state index in [0.717, 1.165) is 29.1 Å². The SMILES string of the molecule is CCOC(=O)c1cc(-c2ccccc2)n(-c2cccc(C(=O)N3CCc4ccccc4C3)c2)c1C. The van der Waals surface area contributed by atoms with Crippen molar-refractivity contribution in [2.45, 2.75) is 26.8 Å². The van der Waals surface area contributed by atoms with Crippen molar-refractivity contribution >= 4 is 11.9 Å². The summed E-state index contributed by atoms with van der Waals surface area (Å²) in [5, 5.41) is 0. The third-order valence-electron chi connectivity index (χ3n) is 6.58. The van der Waals surface area contributed by atoms with Gasteiger partial charge in [0.05, 0.1) is 17.9 Å². The number of esters is 1. The van der Waals surface area contributed by atoms with Crippen LogP contribution in [0, 0.1) is 6.92 Å². The van der Waals surface area contributed by atoms with Gasteiger partial charge in [-0.05, 0) is 61.2 Å². The molecule has 0 bridgehead atoms. The number of hydrogen-bond donors (Lipinski definition) is 0. The molecule has 0 N–H and O–H groups in total. The van der Waals surface area contributed by atoms with Gasteiger partial charge in [0.15, 0.2) is 0 Å². The van der Waals surface area contributed by atoms with Crippen molar-refractivity contribution in [3.8, 4) is 16.9 Å². The lowest BCUT2D eigenvalue weighted by atomic mass is 9.99. The molecule has 5 heteroatoms. The summed E-state index contributed by atoms with van der Waals surface area (Å²) in [4.78, 5) is 28.1. The van der Waals surface area contributed by atoms with Gasteiger partial charge in [-0.1, -0.05) is 60.7 Å². The van der Waals surface area contributed by atoms with Crippen LogP contribution >= 0.6 is 0 Å². The molecule has 0 radical (unpaired) electrons. The van der Waals surface area contributed by atoms with Crippen LogP contribution in [0.4, 0.5) is 0 Å². The van der Waals surface area contributed by atoms with Crippen LogP contribution in [-0.2, 0) is 17.7 Å². The number of carbonyl (C=O) groups is 2. The van der Waals surface area contributed by atoms with E-state index in [4.69, 9.17) is 4.74 Å². The Bertz CT molecular complexity index is 1390. The first kappa shape index (κ1) is 22.7. The van der Waals surface area contributed by atoms with Crippen molar-refractivity contribution in [1.29, 1.82) is 0 Å². The molecule has 0 atom stereocenters. The summed E-state index contributed by atoms with van der Waals surface area (Å²) in [6, 6.07) is 27.8. The van der Waals surface area contributed by atoms with E-state index in [1.54, 1.807) is 6.92 Å². The molecule has 1 aromatic heterocycles. The average molecular weight is 465 g/mol. The van der Waals surface area contributed by atoms with Gasteiger partial charge in [0, 0.05) is 30.0 Å². The maximum absolute atomic E-state index is 13.5. The number of rotatable bonds is 5. The molecule has 1 aliphatic heterocycles. The smallest absolute Gasteiger partial charge is 0.339 e. The zero-order valence-corrected chi connectivity index (χ0v) is 20.0. The number of ether oxygens (including phenoxy) is 1. The van der Waals surface area contributed by atoms with Gasteiger partial charge >= 0.3 is 5.97 Å². The van der Waals surface area contributed by atoms with Crippen LogP contribution in [0.1, 0.15) is 44.5 Å².